The summed E-state index contributed by atoms with van der Waals surface area (Å²) in [5, 5.41) is 2.12. The van der Waals surface area contributed by atoms with E-state index in [-0.39, 0.29) is 5.56 Å². The molecule has 29 heavy (non-hydrogen) atoms. The maximum Gasteiger partial charge on any atom is 0.297 e. The minimum absolute atomic E-state index is 0.103. The number of nitrogens with zero attached hydrogens (tertiary/aromatic N) is 4. The van der Waals surface area contributed by atoms with Crippen LogP contribution in [-0.2, 0) is 13.6 Å². The minimum Gasteiger partial charge on any atom is -0.316 e. The lowest BCUT2D eigenvalue weighted by Crippen LogP contribution is -2.20. The van der Waals surface area contributed by atoms with Gasteiger partial charge in [0.15, 0.2) is 10.5 Å². The van der Waals surface area contributed by atoms with Gasteiger partial charge in [0, 0.05) is 19.0 Å². The number of para-hydroxylation sites is 1. The molecule has 0 aliphatic carbocycles. The van der Waals surface area contributed by atoms with E-state index in [9.17, 15) is 4.79 Å². The number of hydrogen-bond donors (Lipinski definition) is 0. The third-order valence-electron chi connectivity index (χ3n) is 5.05. The van der Waals surface area contributed by atoms with Crippen molar-refractivity contribution in [2.45, 2.75) is 26.8 Å². The van der Waals surface area contributed by atoms with Crippen LogP contribution in [0, 0.1) is 6.92 Å². The highest BCUT2D eigenvalue weighted by atomic mass is 32.1. The summed E-state index contributed by atoms with van der Waals surface area (Å²) in [4.78, 5) is 18.9. The zero-order valence-electron chi connectivity index (χ0n) is 16.9. The molecular weight excluding hydrogens is 380 g/mol. The van der Waals surface area contributed by atoms with Crippen molar-refractivity contribution in [2.75, 3.05) is 0 Å². The van der Waals surface area contributed by atoms with Crippen LogP contribution in [-0.4, -0.2) is 13.9 Å². The van der Waals surface area contributed by atoms with E-state index in [1.807, 2.05) is 67.2 Å². The second-order valence-corrected chi connectivity index (χ2v) is 7.78. The summed E-state index contributed by atoms with van der Waals surface area (Å²) in [5.74, 6) is 0. The molecule has 2 aromatic carbocycles. The van der Waals surface area contributed by atoms with Gasteiger partial charge in [0.2, 0.25) is 0 Å². The first-order valence-electron chi connectivity index (χ1n) is 9.74. The van der Waals surface area contributed by atoms with Crippen LogP contribution in [0.25, 0.3) is 16.9 Å². The van der Waals surface area contributed by atoms with Gasteiger partial charge in [-0.2, -0.15) is 0 Å². The molecule has 0 aliphatic rings. The fourth-order valence-corrected chi connectivity index (χ4v) is 4.42. The average Bonchev–Trinajstić information content (AvgIpc) is 3.24. The number of hydrogen-bond acceptors (Lipinski definition) is 3. The Labute approximate surface area is 173 Å². The van der Waals surface area contributed by atoms with E-state index in [1.54, 1.807) is 16.0 Å². The molecule has 0 unspecified atom stereocenters. The first-order valence-corrected chi connectivity index (χ1v) is 10.6. The van der Waals surface area contributed by atoms with Crippen LogP contribution in [0.5, 0.6) is 0 Å². The van der Waals surface area contributed by atoms with E-state index in [1.165, 1.54) is 0 Å². The first kappa shape index (κ1) is 19.2. The number of aromatic nitrogens is 3. The van der Waals surface area contributed by atoms with E-state index in [0.717, 1.165) is 40.4 Å². The molecule has 0 N–H and O–H groups in total. The summed E-state index contributed by atoms with van der Waals surface area (Å²) in [6.07, 6.45) is 0.992. The normalized spacial score (nSPS) is 11.9. The molecule has 4 rings (SSSR count). The molecule has 2 heterocycles. The maximum absolute atomic E-state index is 13.2. The van der Waals surface area contributed by atoms with Gasteiger partial charge in [0.1, 0.15) is 0 Å². The topological polar surface area (TPSA) is 44.2 Å². The van der Waals surface area contributed by atoms with Crippen molar-refractivity contribution < 1.29 is 0 Å². The summed E-state index contributed by atoms with van der Waals surface area (Å²) in [7, 11) is 1.90. The Morgan fingerprint density at radius 1 is 1.00 bits per heavy atom. The molecule has 0 aliphatic heterocycles. The van der Waals surface area contributed by atoms with Crippen LogP contribution in [0.1, 0.15) is 19.0 Å². The van der Waals surface area contributed by atoms with E-state index < -0.39 is 0 Å². The molecule has 148 valence electrons. The standard InChI is InChI=1S/C23H24N4OS/c1-4-15-26-20(18-11-7-5-8-12-18)16-29-23(26)24-21-17(2)25(3)27(22(21)28)19-13-9-6-10-14-19/h5-14,16H,4,15H2,1-3H3. The summed E-state index contributed by atoms with van der Waals surface area (Å²) < 4.78 is 5.75. The van der Waals surface area contributed by atoms with Crippen LogP contribution in [0.15, 0.2) is 75.8 Å². The van der Waals surface area contributed by atoms with Gasteiger partial charge in [-0.1, -0.05) is 55.5 Å². The van der Waals surface area contributed by atoms with Gasteiger partial charge in [-0.15, -0.1) is 11.3 Å². The Bertz CT molecular complexity index is 1240. The van der Waals surface area contributed by atoms with Crippen LogP contribution in [0.2, 0.25) is 0 Å². The van der Waals surface area contributed by atoms with Crippen molar-refractivity contribution in [3.8, 4) is 16.9 Å². The number of benzene rings is 2. The molecule has 2 aromatic heterocycles. The highest BCUT2D eigenvalue weighted by molar-refractivity contribution is 7.07. The number of thiazole rings is 1. The largest absolute Gasteiger partial charge is 0.316 e. The van der Waals surface area contributed by atoms with Gasteiger partial charge in [0.05, 0.1) is 17.1 Å². The van der Waals surface area contributed by atoms with Crippen molar-refractivity contribution in [1.29, 1.82) is 0 Å². The quantitative estimate of drug-likeness (QED) is 0.477. The zero-order valence-corrected chi connectivity index (χ0v) is 17.7. The lowest BCUT2D eigenvalue weighted by Gasteiger charge is -2.07. The molecule has 0 bridgehead atoms. The molecule has 0 radical (unpaired) electrons. The van der Waals surface area contributed by atoms with Crippen molar-refractivity contribution in [3.05, 3.63) is 86.9 Å². The first-order chi connectivity index (χ1) is 14.1. The molecule has 0 spiro atoms. The fraction of sp³-hybridized carbons (Fsp3) is 0.217. The molecule has 0 amide bonds. The fourth-order valence-electron chi connectivity index (χ4n) is 3.48. The van der Waals surface area contributed by atoms with E-state index >= 15 is 0 Å². The lowest BCUT2D eigenvalue weighted by molar-refractivity contribution is 0.630. The molecule has 0 saturated heterocycles. The van der Waals surface area contributed by atoms with Crippen molar-refractivity contribution in [1.82, 2.24) is 13.9 Å². The smallest absolute Gasteiger partial charge is 0.297 e. The molecule has 0 atom stereocenters. The second-order valence-electron chi connectivity index (χ2n) is 6.94. The minimum atomic E-state index is -0.103. The second kappa shape index (κ2) is 8.09. The van der Waals surface area contributed by atoms with Crippen LogP contribution >= 0.6 is 11.3 Å². The monoisotopic (exact) mass is 404 g/mol. The molecule has 6 heteroatoms. The third-order valence-corrected chi connectivity index (χ3v) is 5.91. The molecule has 0 fully saturated rings. The predicted octanol–water partition coefficient (Wildman–Crippen LogP) is 4.66. The Kier molecular flexibility index (Phi) is 5.36. The molecule has 4 aromatic rings. The van der Waals surface area contributed by atoms with Crippen LogP contribution < -0.4 is 10.4 Å². The van der Waals surface area contributed by atoms with E-state index in [4.69, 9.17) is 4.99 Å². The summed E-state index contributed by atoms with van der Waals surface area (Å²) in [6, 6.07) is 20.0. The van der Waals surface area contributed by atoms with Gasteiger partial charge in [-0.25, -0.2) is 9.67 Å². The van der Waals surface area contributed by atoms with Gasteiger partial charge >= 0.3 is 0 Å². The van der Waals surface area contributed by atoms with Crippen molar-refractivity contribution in [2.24, 2.45) is 12.0 Å². The van der Waals surface area contributed by atoms with Gasteiger partial charge < -0.3 is 4.57 Å². The summed E-state index contributed by atoms with van der Waals surface area (Å²) in [6.45, 7) is 4.94. The Hall–Kier alpha value is -3.12. The summed E-state index contributed by atoms with van der Waals surface area (Å²) in [5.41, 5.74) is 4.36. The van der Waals surface area contributed by atoms with Gasteiger partial charge in [0.25, 0.3) is 5.56 Å². The predicted molar refractivity (Wildman–Crippen MR) is 119 cm³/mol. The van der Waals surface area contributed by atoms with E-state index in [2.05, 4.69) is 29.0 Å². The highest BCUT2D eigenvalue weighted by Gasteiger charge is 2.16. The number of rotatable bonds is 5. The summed E-state index contributed by atoms with van der Waals surface area (Å²) >= 11 is 1.57. The third kappa shape index (κ3) is 3.51. The Morgan fingerprint density at radius 2 is 1.66 bits per heavy atom. The lowest BCUT2D eigenvalue weighted by atomic mass is 10.2. The van der Waals surface area contributed by atoms with Crippen LogP contribution in [0.4, 0.5) is 5.69 Å². The van der Waals surface area contributed by atoms with Crippen molar-refractivity contribution >= 4 is 17.0 Å². The van der Waals surface area contributed by atoms with Gasteiger partial charge in [-0.3, -0.25) is 9.48 Å². The highest BCUT2D eigenvalue weighted by Crippen LogP contribution is 2.21. The van der Waals surface area contributed by atoms with Crippen LogP contribution in [0.3, 0.4) is 0 Å². The molecule has 0 saturated carbocycles. The Balaban J connectivity index is 1.90. The van der Waals surface area contributed by atoms with E-state index in [0.29, 0.717) is 5.69 Å². The molecular formula is C23H24N4OS. The zero-order chi connectivity index (χ0) is 20.4. The Morgan fingerprint density at radius 3 is 2.31 bits per heavy atom. The van der Waals surface area contributed by atoms with Gasteiger partial charge in [-0.05, 0) is 31.0 Å². The van der Waals surface area contributed by atoms with Crippen molar-refractivity contribution in [3.63, 3.8) is 0 Å². The SMILES string of the molecule is CCCn1c(-c2ccccc2)csc1=Nc1c(C)n(C)n(-c2ccccc2)c1=O. The maximum atomic E-state index is 13.2. The molecule has 5 nitrogen and oxygen atoms in total. The average molecular weight is 405 g/mol.